The van der Waals surface area contributed by atoms with Gasteiger partial charge in [-0.15, -0.1) is 0 Å². The molecule has 0 radical (unpaired) electrons. The molecule has 2 aliphatic heterocycles. The van der Waals surface area contributed by atoms with Crippen molar-refractivity contribution < 1.29 is 8.42 Å². The largest absolute Gasteiger partial charge is 0.356 e. The maximum atomic E-state index is 11.6. The second-order valence-corrected chi connectivity index (χ2v) is 10.5. The van der Waals surface area contributed by atoms with E-state index in [9.17, 15) is 8.42 Å². The number of sulfonamides is 1. The van der Waals surface area contributed by atoms with Crippen molar-refractivity contribution in [3.63, 3.8) is 0 Å². The van der Waals surface area contributed by atoms with Gasteiger partial charge in [0.05, 0.1) is 6.26 Å². The minimum Gasteiger partial charge on any atom is -0.356 e. The van der Waals surface area contributed by atoms with Crippen molar-refractivity contribution in [2.45, 2.75) is 45.2 Å². The van der Waals surface area contributed by atoms with Crippen molar-refractivity contribution in [1.29, 1.82) is 0 Å². The molecule has 0 unspecified atom stereocenters. The van der Waals surface area contributed by atoms with E-state index in [-0.39, 0.29) is 0 Å². The van der Waals surface area contributed by atoms with Gasteiger partial charge in [-0.3, -0.25) is 9.89 Å². The van der Waals surface area contributed by atoms with Crippen LogP contribution in [0.15, 0.2) is 29.3 Å². The summed E-state index contributed by atoms with van der Waals surface area (Å²) in [7, 11) is -1.28. The van der Waals surface area contributed by atoms with Crippen molar-refractivity contribution in [3.8, 4) is 0 Å². The minimum absolute atomic E-state index is 0.468. The summed E-state index contributed by atoms with van der Waals surface area (Å²) >= 11 is 0. The Hall–Kier alpha value is -1.64. The van der Waals surface area contributed by atoms with Gasteiger partial charge in [0.15, 0.2) is 5.96 Å². The molecule has 7 nitrogen and oxygen atoms in total. The predicted octanol–water partition coefficient (Wildman–Crippen LogP) is 2.01. The Bertz CT molecular complexity index is 780. The number of guanidine groups is 1. The quantitative estimate of drug-likeness (QED) is 0.506. The van der Waals surface area contributed by atoms with Crippen LogP contribution in [0.5, 0.6) is 0 Å². The first kappa shape index (κ1) is 23.0. The number of nitrogens with one attached hydrogen (secondary N) is 2. The minimum atomic E-state index is -3.06. The molecule has 0 amide bonds. The van der Waals surface area contributed by atoms with E-state index in [0.29, 0.717) is 19.0 Å². The van der Waals surface area contributed by atoms with E-state index in [1.54, 1.807) is 11.4 Å². The molecule has 1 aromatic carbocycles. The van der Waals surface area contributed by atoms with Gasteiger partial charge in [0.25, 0.3) is 0 Å². The molecular formula is C22H37N5O2S. The Balaban J connectivity index is 1.38. The van der Waals surface area contributed by atoms with Crippen LogP contribution in [0.25, 0.3) is 0 Å². The Morgan fingerprint density at radius 1 is 1.00 bits per heavy atom. The summed E-state index contributed by atoms with van der Waals surface area (Å²) in [6, 6.07) is 8.86. The molecule has 3 rings (SSSR count). The van der Waals surface area contributed by atoms with E-state index in [0.717, 1.165) is 38.4 Å². The summed E-state index contributed by atoms with van der Waals surface area (Å²) in [5, 5.41) is 6.77. The maximum absolute atomic E-state index is 11.6. The summed E-state index contributed by atoms with van der Waals surface area (Å²) in [6.07, 6.45) is 7.08. The molecule has 8 heteroatoms. The lowest BCUT2D eigenvalue weighted by atomic mass is 9.98. The molecule has 2 saturated heterocycles. The summed E-state index contributed by atoms with van der Waals surface area (Å²) in [4.78, 5) is 6.86. The van der Waals surface area contributed by atoms with Crippen LogP contribution < -0.4 is 10.6 Å². The SMILES string of the molecule is CN=C(NCc1ccc(CN2CCCCC2)cc1)NCC1CCN(S(C)(=O)=O)CC1. The average Bonchev–Trinajstić information content (AvgIpc) is 2.75. The Labute approximate surface area is 182 Å². The number of aliphatic imine (C=N–C) groups is 1. The first-order valence-corrected chi connectivity index (χ1v) is 13.0. The summed E-state index contributed by atoms with van der Waals surface area (Å²) in [5.41, 5.74) is 2.62. The molecule has 1 aromatic rings. The zero-order valence-electron chi connectivity index (χ0n) is 18.4. The zero-order chi connectivity index (χ0) is 21.4. The van der Waals surface area contributed by atoms with Gasteiger partial charge in [-0.05, 0) is 55.8 Å². The number of hydrogen-bond acceptors (Lipinski definition) is 4. The molecule has 2 N–H and O–H groups in total. The van der Waals surface area contributed by atoms with Crippen LogP contribution in [0.3, 0.4) is 0 Å². The highest BCUT2D eigenvalue weighted by molar-refractivity contribution is 7.88. The fourth-order valence-corrected chi connectivity index (χ4v) is 5.10. The third-order valence-electron chi connectivity index (χ3n) is 6.16. The summed E-state index contributed by atoms with van der Waals surface area (Å²) in [5.74, 6) is 1.26. The maximum Gasteiger partial charge on any atom is 0.211 e. The number of benzene rings is 1. The first-order chi connectivity index (χ1) is 14.4. The molecule has 0 spiro atoms. The number of nitrogens with zero attached hydrogens (tertiary/aromatic N) is 3. The molecule has 2 aliphatic rings. The van der Waals surface area contributed by atoms with E-state index in [4.69, 9.17) is 0 Å². The van der Waals surface area contributed by atoms with E-state index in [1.165, 1.54) is 49.7 Å². The van der Waals surface area contributed by atoms with Crippen molar-refractivity contribution in [2.75, 3.05) is 46.0 Å². The molecule has 0 aliphatic carbocycles. The van der Waals surface area contributed by atoms with Crippen LogP contribution in [-0.2, 0) is 23.1 Å². The molecule has 0 saturated carbocycles. The highest BCUT2D eigenvalue weighted by Crippen LogP contribution is 2.18. The standard InChI is InChI=1S/C22H37N5O2S/c1-23-22(25-17-20-10-14-27(15-11-20)30(2,28)29)24-16-19-6-8-21(9-7-19)18-26-12-4-3-5-13-26/h6-9,20H,3-5,10-18H2,1-2H3,(H2,23,24,25). The lowest BCUT2D eigenvalue weighted by Crippen LogP contribution is -2.43. The third-order valence-corrected chi connectivity index (χ3v) is 7.47. The van der Waals surface area contributed by atoms with Crippen LogP contribution >= 0.6 is 0 Å². The first-order valence-electron chi connectivity index (χ1n) is 11.1. The number of piperidine rings is 2. The van der Waals surface area contributed by atoms with Crippen LogP contribution in [0.4, 0.5) is 0 Å². The zero-order valence-corrected chi connectivity index (χ0v) is 19.3. The van der Waals surface area contributed by atoms with Gasteiger partial charge in [-0.2, -0.15) is 0 Å². The number of rotatable bonds is 7. The van der Waals surface area contributed by atoms with E-state index in [2.05, 4.69) is 44.8 Å². The van der Waals surface area contributed by atoms with Gasteiger partial charge in [-0.1, -0.05) is 30.7 Å². The summed E-state index contributed by atoms with van der Waals surface area (Å²) in [6.45, 7) is 6.26. The van der Waals surface area contributed by atoms with Crippen LogP contribution in [0.2, 0.25) is 0 Å². The second kappa shape index (κ2) is 11.1. The predicted molar refractivity (Wildman–Crippen MR) is 123 cm³/mol. The Morgan fingerprint density at radius 3 is 2.23 bits per heavy atom. The van der Waals surface area contributed by atoms with Gasteiger partial charge in [-0.25, -0.2) is 12.7 Å². The van der Waals surface area contributed by atoms with Gasteiger partial charge in [0.2, 0.25) is 10.0 Å². The Kier molecular flexibility index (Phi) is 8.53. The second-order valence-electron chi connectivity index (χ2n) is 8.57. The van der Waals surface area contributed by atoms with Gasteiger partial charge in [0.1, 0.15) is 0 Å². The van der Waals surface area contributed by atoms with Crippen molar-refractivity contribution in [2.24, 2.45) is 10.9 Å². The number of likely N-dealkylation sites (tertiary alicyclic amines) is 1. The molecule has 168 valence electrons. The van der Waals surface area contributed by atoms with E-state index >= 15 is 0 Å². The molecule has 2 fully saturated rings. The lowest BCUT2D eigenvalue weighted by Gasteiger charge is -2.30. The smallest absolute Gasteiger partial charge is 0.211 e. The topological polar surface area (TPSA) is 77.0 Å². The van der Waals surface area contributed by atoms with E-state index < -0.39 is 10.0 Å². The molecule has 0 bridgehead atoms. The molecule has 0 atom stereocenters. The highest BCUT2D eigenvalue weighted by Gasteiger charge is 2.24. The van der Waals surface area contributed by atoms with Crippen LogP contribution in [-0.4, -0.2) is 69.6 Å². The summed E-state index contributed by atoms with van der Waals surface area (Å²) < 4.78 is 24.8. The Morgan fingerprint density at radius 2 is 1.63 bits per heavy atom. The van der Waals surface area contributed by atoms with Crippen molar-refractivity contribution in [1.82, 2.24) is 19.8 Å². The van der Waals surface area contributed by atoms with Crippen LogP contribution in [0.1, 0.15) is 43.2 Å². The lowest BCUT2D eigenvalue weighted by molar-refractivity contribution is 0.221. The monoisotopic (exact) mass is 435 g/mol. The van der Waals surface area contributed by atoms with Crippen molar-refractivity contribution >= 4 is 16.0 Å². The fraction of sp³-hybridized carbons (Fsp3) is 0.682. The number of hydrogen-bond donors (Lipinski definition) is 2. The van der Waals surface area contributed by atoms with E-state index in [1.807, 2.05) is 0 Å². The van der Waals surface area contributed by atoms with Gasteiger partial charge in [0, 0.05) is 39.8 Å². The normalized spacial score (nSPS) is 20.3. The highest BCUT2D eigenvalue weighted by atomic mass is 32.2. The van der Waals surface area contributed by atoms with Crippen LogP contribution in [0, 0.1) is 5.92 Å². The molecule has 0 aromatic heterocycles. The third kappa shape index (κ3) is 7.25. The van der Waals surface area contributed by atoms with Gasteiger partial charge < -0.3 is 10.6 Å². The average molecular weight is 436 g/mol. The molecule has 2 heterocycles. The van der Waals surface area contributed by atoms with Crippen molar-refractivity contribution in [3.05, 3.63) is 35.4 Å². The molecular weight excluding hydrogens is 398 g/mol. The fourth-order valence-electron chi connectivity index (χ4n) is 4.23. The molecule has 30 heavy (non-hydrogen) atoms. The van der Waals surface area contributed by atoms with Gasteiger partial charge >= 0.3 is 0 Å².